The molecule has 0 aromatic rings. The third-order valence-corrected chi connectivity index (χ3v) is 6.15. The zero-order chi connectivity index (χ0) is 12.3. The molecular formula is C10H22BrNO2S. The van der Waals surface area contributed by atoms with Crippen LogP contribution in [0, 0.1) is 0 Å². The Balaban J connectivity index is 5.00. The van der Waals surface area contributed by atoms with E-state index in [2.05, 4.69) is 20.7 Å². The molecule has 0 aliphatic heterocycles. The summed E-state index contributed by atoms with van der Waals surface area (Å²) in [4.78, 5) is 0. The smallest absolute Gasteiger partial charge is 0.212 e. The molecule has 0 aromatic carbocycles. The van der Waals surface area contributed by atoms with Gasteiger partial charge in [0.1, 0.15) is 0 Å². The standard InChI is InChI=1S/C10H22BrNO2S/c1-6-10(7-2,8-11)12-15(13,14)9(3,4)5/h12H,6-8H2,1-5H3. The average molecular weight is 300 g/mol. The quantitative estimate of drug-likeness (QED) is 0.793. The lowest BCUT2D eigenvalue weighted by Crippen LogP contribution is -2.53. The van der Waals surface area contributed by atoms with E-state index in [-0.39, 0.29) is 5.54 Å². The van der Waals surface area contributed by atoms with Gasteiger partial charge in [-0.25, -0.2) is 13.1 Å². The largest absolute Gasteiger partial charge is 0.217 e. The summed E-state index contributed by atoms with van der Waals surface area (Å²) in [6.07, 6.45) is 1.56. The van der Waals surface area contributed by atoms with Crippen molar-refractivity contribution in [2.75, 3.05) is 5.33 Å². The van der Waals surface area contributed by atoms with Gasteiger partial charge in [0.05, 0.1) is 4.75 Å². The molecule has 0 aliphatic rings. The number of alkyl halides is 1. The maximum atomic E-state index is 12.0. The van der Waals surface area contributed by atoms with Crippen LogP contribution in [0.5, 0.6) is 0 Å². The Kier molecular flexibility index (Phi) is 5.28. The Morgan fingerprint density at radius 1 is 1.13 bits per heavy atom. The molecule has 15 heavy (non-hydrogen) atoms. The van der Waals surface area contributed by atoms with Gasteiger partial charge in [0, 0.05) is 10.9 Å². The summed E-state index contributed by atoms with van der Waals surface area (Å²) >= 11 is 3.39. The van der Waals surface area contributed by atoms with E-state index in [1.807, 2.05) is 13.8 Å². The van der Waals surface area contributed by atoms with E-state index >= 15 is 0 Å². The van der Waals surface area contributed by atoms with Crippen molar-refractivity contribution in [2.45, 2.75) is 57.7 Å². The molecule has 0 bridgehead atoms. The van der Waals surface area contributed by atoms with Gasteiger partial charge < -0.3 is 0 Å². The highest BCUT2D eigenvalue weighted by molar-refractivity contribution is 9.09. The highest BCUT2D eigenvalue weighted by atomic mass is 79.9. The lowest BCUT2D eigenvalue weighted by molar-refractivity contribution is 0.392. The molecule has 0 unspecified atom stereocenters. The van der Waals surface area contributed by atoms with E-state index in [9.17, 15) is 8.42 Å². The van der Waals surface area contributed by atoms with Crippen molar-refractivity contribution >= 4 is 26.0 Å². The van der Waals surface area contributed by atoms with Crippen molar-refractivity contribution in [3.63, 3.8) is 0 Å². The van der Waals surface area contributed by atoms with E-state index in [4.69, 9.17) is 0 Å². The molecule has 0 rings (SSSR count). The van der Waals surface area contributed by atoms with Crippen LogP contribution in [0.3, 0.4) is 0 Å². The van der Waals surface area contributed by atoms with Crippen molar-refractivity contribution in [3.05, 3.63) is 0 Å². The summed E-state index contributed by atoms with van der Waals surface area (Å²) < 4.78 is 26.1. The van der Waals surface area contributed by atoms with Crippen LogP contribution in [0.1, 0.15) is 47.5 Å². The topological polar surface area (TPSA) is 46.2 Å². The lowest BCUT2D eigenvalue weighted by atomic mass is 9.97. The Morgan fingerprint density at radius 2 is 1.53 bits per heavy atom. The molecule has 1 N–H and O–H groups in total. The predicted molar refractivity (Wildman–Crippen MR) is 68.9 cm³/mol. The minimum Gasteiger partial charge on any atom is -0.212 e. The molecule has 0 spiro atoms. The van der Waals surface area contributed by atoms with Gasteiger partial charge in [0.15, 0.2) is 0 Å². The van der Waals surface area contributed by atoms with Gasteiger partial charge in [-0.15, -0.1) is 0 Å². The number of nitrogens with one attached hydrogen (secondary N) is 1. The maximum absolute atomic E-state index is 12.0. The Hall–Kier alpha value is 0.390. The van der Waals surface area contributed by atoms with E-state index in [0.29, 0.717) is 5.33 Å². The minimum absolute atomic E-state index is 0.355. The molecule has 0 aromatic heterocycles. The summed E-state index contributed by atoms with van der Waals surface area (Å²) in [7, 11) is -3.27. The van der Waals surface area contributed by atoms with Crippen molar-refractivity contribution < 1.29 is 8.42 Å². The van der Waals surface area contributed by atoms with Gasteiger partial charge in [-0.05, 0) is 33.6 Å². The second kappa shape index (κ2) is 5.15. The van der Waals surface area contributed by atoms with Gasteiger partial charge >= 0.3 is 0 Å². The summed E-state index contributed by atoms with van der Waals surface area (Å²) in [6, 6.07) is 0. The van der Waals surface area contributed by atoms with Crippen LogP contribution >= 0.6 is 15.9 Å². The monoisotopic (exact) mass is 299 g/mol. The normalized spacial score (nSPS) is 14.3. The predicted octanol–water partition coefficient (Wildman–Crippen LogP) is 2.66. The first-order chi connectivity index (χ1) is 6.64. The Morgan fingerprint density at radius 3 is 1.73 bits per heavy atom. The summed E-state index contributed by atoms with van der Waals surface area (Å²) in [5.74, 6) is 0. The summed E-state index contributed by atoms with van der Waals surface area (Å²) in [6.45, 7) is 9.12. The van der Waals surface area contributed by atoms with Gasteiger partial charge in [0.2, 0.25) is 10.0 Å². The fourth-order valence-electron chi connectivity index (χ4n) is 1.05. The molecule has 5 heteroatoms. The molecule has 0 atom stereocenters. The van der Waals surface area contributed by atoms with Gasteiger partial charge in [-0.2, -0.15) is 0 Å². The van der Waals surface area contributed by atoms with Crippen LogP contribution in [-0.4, -0.2) is 24.0 Å². The molecule has 0 heterocycles. The van der Waals surface area contributed by atoms with Crippen molar-refractivity contribution in [1.29, 1.82) is 0 Å². The van der Waals surface area contributed by atoms with Gasteiger partial charge in [0.25, 0.3) is 0 Å². The number of hydrogen-bond acceptors (Lipinski definition) is 2. The second-order valence-electron chi connectivity index (χ2n) is 4.84. The molecule has 0 amide bonds. The number of halogens is 1. The fraction of sp³-hybridized carbons (Fsp3) is 1.00. The van der Waals surface area contributed by atoms with Crippen LogP contribution in [0.25, 0.3) is 0 Å². The molecule has 0 radical (unpaired) electrons. The molecule has 0 saturated heterocycles. The summed E-state index contributed by atoms with van der Waals surface area (Å²) in [5, 5.41) is 0.641. The zero-order valence-corrected chi connectivity index (χ0v) is 12.6. The lowest BCUT2D eigenvalue weighted by Gasteiger charge is -2.34. The van der Waals surface area contributed by atoms with Crippen molar-refractivity contribution in [3.8, 4) is 0 Å². The number of sulfonamides is 1. The first-order valence-corrected chi connectivity index (χ1v) is 7.84. The van der Waals surface area contributed by atoms with Crippen molar-refractivity contribution in [2.24, 2.45) is 0 Å². The Bertz CT molecular complexity index is 281. The SMILES string of the molecule is CCC(CC)(CBr)NS(=O)(=O)C(C)(C)C. The highest BCUT2D eigenvalue weighted by Crippen LogP contribution is 2.23. The van der Waals surface area contributed by atoms with Gasteiger partial charge in [-0.3, -0.25) is 0 Å². The van der Waals surface area contributed by atoms with E-state index in [1.54, 1.807) is 20.8 Å². The molecule has 0 fully saturated rings. The molecule has 3 nitrogen and oxygen atoms in total. The molecule has 92 valence electrons. The molecule has 0 aliphatic carbocycles. The third kappa shape index (κ3) is 3.71. The first-order valence-electron chi connectivity index (χ1n) is 5.23. The summed E-state index contributed by atoms with van der Waals surface area (Å²) in [5.41, 5.74) is -0.355. The molecule has 0 saturated carbocycles. The van der Waals surface area contributed by atoms with Crippen LogP contribution in [-0.2, 0) is 10.0 Å². The van der Waals surface area contributed by atoms with E-state index in [1.165, 1.54) is 0 Å². The van der Waals surface area contributed by atoms with Crippen molar-refractivity contribution in [1.82, 2.24) is 4.72 Å². The number of rotatable bonds is 5. The Labute approximate surface area is 102 Å². The van der Waals surface area contributed by atoms with Crippen LogP contribution in [0.2, 0.25) is 0 Å². The van der Waals surface area contributed by atoms with Crippen LogP contribution in [0.4, 0.5) is 0 Å². The second-order valence-corrected chi connectivity index (χ2v) is 7.84. The van der Waals surface area contributed by atoms with Gasteiger partial charge in [-0.1, -0.05) is 29.8 Å². The van der Waals surface area contributed by atoms with Crippen LogP contribution in [0.15, 0.2) is 0 Å². The third-order valence-electron chi connectivity index (χ3n) is 2.77. The average Bonchev–Trinajstić information content (AvgIpc) is 2.12. The minimum atomic E-state index is -3.27. The van der Waals surface area contributed by atoms with E-state index in [0.717, 1.165) is 12.8 Å². The van der Waals surface area contributed by atoms with E-state index < -0.39 is 14.8 Å². The fourth-order valence-corrected chi connectivity index (χ4v) is 3.40. The first kappa shape index (κ1) is 15.4. The highest BCUT2D eigenvalue weighted by Gasteiger charge is 2.36. The number of hydrogen-bond donors (Lipinski definition) is 1. The van der Waals surface area contributed by atoms with Crippen LogP contribution < -0.4 is 4.72 Å². The maximum Gasteiger partial charge on any atom is 0.217 e. The molecular weight excluding hydrogens is 278 g/mol. The zero-order valence-electron chi connectivity index (χ0n) is 10.2.